The van der Waals surface area contributed by atoms with Crippen molar-refractivity contribution < 1.29 is 9.53 Å². The van der Waals surface area contributed by atoms with Crippen LogP contribution in [-0.4, -0.2) is 11.1 Å². The van der Waals surface area contributed by atoms with Gasteiger partial charge >= 0.3 is 6.09 Å². The van der Waals surface area contributed by atoms with Crippen LogP contribution in [0, 0.1) is 0 Å². The maximum atomic E-state index is 10.6. The molecule has 1 unspecified atom stereocenters. The maximum absolute atomic E-state index is 10.6. The van der Waals surface area contributed by atoms with Crippen LogP contribution < -0.4 is 11.5 Å². The molecule has 3 aromatic rings. The molecular formula is C16H15N3O2S. The summed E-state index contributed by atoms with van der Waals surface area (Å²) in [5.74, 6) is 0. The Hall–Kier alpha value is -2.44. The third-order valence-corrected chi connectivity index (χ3v) is 4.23. The molecule has 4 N–H and O–H groups in total. The number of hydrogen-bond acceptors (Lipinski definition) is 5. The van der Waals surface area contributed by atoms with Crippen molar-refractivity contribution in [2.24, 2.45) is 11.5 Å². The minimum absolute atomic E-state index is 0.164. The number of carbonyl (C=O) groups is 1. The van der Waals surface area contributed by atoms with Crippen molar-refractivity contribution in [3.8, 4) is 0 Å². The predicted octanol–water partition coefficient (Wildman–Crippen LogP) is 2.94. The van der Waals surface area contributed by atoms with Crippen LogP contribution in [0.2, 0.25) is 0 Å². The van der Waals surface area contributed by atoms with Gasteiger partial charge in [-0.05, 0) is 28.8 Å². The molecule has 1 heterocycles. The molecule has 0 radical (unpaired) electrons. The van der Waals surface area contributed by atoms with E-state index >= 15 is 0 Å². The smallest absolute Gasteiger partial charge is 0.404 e. The molecule has 6 heteroatoms. The van der Waals surface area contributed by atoms with Gasteiger partial charge < -0.3 is 16.2 Å². The van der Waals surface area contributed by atoms with Crippen molar-refractivity contribution in [3.63, 3.8) is 0 Å². The third-order valence-electron chi connectivity index (χ3n) is 3.43. The number of thiazole rings is 1. The van der Waals surface area contributed by atoms with Gasteiger partial charge in [0.05, 0.1) is 21.8 Å². The van der Waals surface area contributed by atoms with Crippen LogP contribution in [0.4, 0.5) is 4.79 Å². The summed E-state index contributed by atoms with van der Waals surface area (Å²) in [6.45, 7) is 0.164. The fourth-order valence-electron chi connectivity index (χ4n) is 2.23. The first kappa shape index (κ1) is 14.5. The van der Waals surface area contributed by atoms with E-state index in [1.54, 1.807) is 11.3 Å². The van der Waals surface area contributed by atoms with E-state index in [-0.39, 0.29) is 12.6 Å². The number of ether oxygens (including phenoxy) is 1. The Morgan fingerprint density at radius 1 is 1.18 bits per heavy atom. The molecule has 0 spiro atoms. The molecule has 0 aliphatic carbocycles. The van der Waals surface area contributed by atoms with E-state index in [4.69, 9.17) is 16.2 Å². The van der Waals surface area contributed by atoms with Gasteiger partial charge in [-0.3, -0.25) is 0 Å². The van der Waals surface area contributed by atoms with Crippen LogP contribution in [0.1, 0.15) is 22.7 Å². The highest BCUT2D eigenvalue weighted by molar-refractivity contribution is 7.16. The maximum Gasteiger partial charge on any atom is 0.404 e. The summed E-state index contributed by atoms with van der Waals surface area (Å²) in [5.41, 5.74) is 17.0. The third kappa shape index (κ3) is 3.08. The summed E-state index contributed by atoms with van der Waals surface area (Å²) in [7, 11) is 0. The number of primary amides is 1. The number of nitrogens with zero attached hydrogens (tertiary/aromatic N) is 1. The summed E-state index contributed by atoms with van der Waals surface area (Å²) >= 11 is 1.60. The van der Waals surface area contributed by atoms with Gasteiger partial charge in [-0.25, -0.2) is 9.78 Å². The van der Waals surface area contributed by atoms with Crippen LogP contribution in [0.25, 0.3) is 10.2 Å². The zero-order valence-corrected chi connectivity index (χ0v) is 12.5. The zero-order valence-electron chi connectivity index (χ0n) is 11.7. The SMILES string of the molecule is NC(=O)OCc1ccc(C(N)c2ccc3ncsc3c2)cc1. The molecule has 2 aromatic carbocycles. The summed E-state index contributed by atoms with van der Waals surface area (Å²) < 4.78 is 5.88. The van der Waals surface area contributed by atoms with Crippen molar-refractivity contribution in [2.75, 3.05) is 0 Å². The highest BCUT2D eigenvalue weighted by Gasteiger charge is 2.10. The van der Waals surface area contributed by atoms with Crippen molar-refractivity contribution in [1.29, 1.82) is 0 Å². The Morgan fingerprint density at radius 2 is 1.91 bits per heavy atom. The second-order valence-electron chi connectivity index (χ2n) is 4.91. The molecule has 0 fully saturated rings. The first-order valence-corrected chi connectivity index (χ1v) is 7.61. The molecule has 1 aromatic heterocycles. The minimum atomic E-state index is -0.779. The van der Waals surface area contributed by atoms with Crippen LogP contribution in [0.5, 0.6) is 0 Å². The molecule has 1 atom stereocenters. The summed E-state index contributed by atoms with van der Waals surface area (Å²) in [6.07, 6.45) is -0.779. The predicted molar refractivity (Wildman–Crippen MR) is 86.5 cm³/mol. The van der Waals surface area contributed by atoms with Crippen molar-refractivity contribution in [1.82, 2.24) is 4.98 Å². The van der Waals surface area contributed by atoms with Gasteiger partial charge in [0.25, 0.3) is 0 Å². The average molecular weight is 313 g/mol. The van der Waals surface area contributed by atoms with E-state index in [1.807, 2.05) is 41.9 Å². The molecule has 22 heavy (non-hydrogen) atoms. The van der Waals surface area contributed by atoms with Crippen LogP contribution >= 0.6 is 11.3 Å². The lowest BCUT2D eigenvalue weighted by atomic mass is 9.98. The molecule has 5 nitrogen and oxygen atoms in total. The molecular weight excluding hydrogens is 298 g/mol. The zero-order chi connectivity index (χ0) is 15.5. The molecule has 0 bridgehead atoms. The molecule has 0 saturated carbocycles. The first-order valence-electron chi connectivity index (χ1n) is 6.73. The quantitative estimate of drug-likeness (QED) is 0.774. The fraction of sp³-hybridized carbons (Fsp3) is 0.125. The summed E-state index contributed by atoms with van der Waals surface area (Å²) in [5, 5.41) is 0. The second kappa shape index (κ2) is 6.13. The number of carbonyl (C=O) groups excluding carboxylic acids is 1. The average Bonchev–Trinajstić information content (AvgIpc) is 3.00. The lowest BCUT2D eigenvalue weighted by Crippen LogP contribution is -2.13. The van der Waals surface area contributed by atoms with Gasteiger partial charge in [0.2, 0.25) is 0 Å². The Bertz CT molecular complexity index is 799. The largest absolute Gasteiger partial charge is 0.445 e. The molecule has 3 rings (SSSR count). The van der Waals surface area contributed by atoms with Gasteiger partial charge in [0.1, 0.15) is 6.61 Å². The number of benzene rings is 2. The lowest BCUT2D eigenvalue weighted by Gasteiger charge is -2.13. The van der Waals surface area contributed by atoms with E-state index in [0.29, 0.717) is 0 Å². The van der Waals surface area contributed by atoms with Crippen LogP contribution in [-0.2, 0) is 11.3 Å². The Kier molecular flexibility index (Phi) is 4.04. The standard InChI is InChI=1S/C16H15N3O2S/c17-15(12-5-6-13-14(7-12)22-9-19-13)11-3-1-10(2-4-11)8-21-16(18)20/h1-7,9,15H,8,17H2,(H2,18,20). The number of amides is 1. The molecule has 0 saturated heterocycles. The molecule has 0 aliphatic heterocycles. The first-order chi connectivity index (χ1) is 10.6. The Morgan fingerprint density at radius 3 is 2.64 bits per heavy atom. The second-order valence-corrected chi connectivity index (χ2v) is 5.79. The van der Waals surface area contributed by atoms with Gasteiger partial charge in [-0.2, -0.15) is 0 Å². The molecule has 112 valence electrons. The van der Waals surface area contributed by atoms with Gasteiger partial charge in [0, 0.05) is 0 Å². The highest BCUT2D eigenvalue weighted by Crippen LogP contribution is 2.25. The van der Waals surface area contributed by atoms with E-state index in [2.05, 4.69) is 11.1 Å². The van der Waals surface area contributed by atoms with Crippen molar-refractivity contribution >= 4 is 27.6 Å². The Labute approximate surface area is 131 Å². The van der Waals surface area contributed by atoms with Crippen molar-refractivity contribution in [3.05, 3.63) is 64.7 Å². The van der Waals surface area contributed by atoms with Gasteiger partial charge in [-0.1, -0.05) is 30.3 Å². The fourth-order valence-corrected chi connectivity index (χ4v) is 2.96. The van der Waals surface area contributed by atoms with Gasteiger partial charge in [-0.15, -0.1) is 11.3 Å². The number of aromatic nitrogens is 1. The van der Waals surface area contributed by atoms with Crippen LogP contribution in [0.3, 0.4) is 0 Å². The number of fused-ring (bicyclic) bond motifs is 1. The summed E-state index contributed by atoms with van der Waals surface area (Å²) in [4.78, 5) is 14.9. The van der Waals surface area contributed by atoms with E-state index in [9.17, 15) is 4.79 Å². The number of hydrogen-bond donors (Lipinski definition) is 2. The highest BCUT2D eigenvalue weighted by atomic mass is 32.1. The molecule has 0 aliphatic rings. The van der Waals surface area contributed by atoms with Crippen LogP contribution in [0.15, 0.2) is 48.0 Å². The summed E-state index contributed by atoms with van der Waals surface area (Å²) in [6, 6.07) is 13.5. The number of nitrogens with two attached hydrogens (primary N) is 2. The van der Waals surface area contributed by atoms with E-state index < -0.39 is 6.09 Å². The van der Waals surface area contributed by atoms with E-state index in [1.165, 1.54) is 0 Å². The van der Waals surface area contributed by atoms with E-state index in [0.717, 1.165) is 26.9 Å². The minimum Gasteiger partial charge on any atom is -0.445 e. The van der Waals surface area contributed by atoms with Gasteiger partial charge in [0.15, 0.2) is 0 Å². The molecule has 1 amide bonds. The Balaban J connectivity index is 1.78. The normalized spacial score (nSPS) is 12.2. The lowest BCUT2D eigenvalue weighted by molar-refractivity contribution is 0.150. The van der Waals surface area contributed by atoms with Crippen molar-refractivity contribution in [2.45, 2.75) is 12.6 Å². The monoisotopic (exact) mass is 313 g/mol. The topological polar surface area (TPSA) is 91.2 Å². The number of rotatable bonds is 4.